The van der Waals surface area contributed by atoms with Gasteiger partial charge in [0.25, 0.3) is 0 Å². The summed E-state index contributed by atoms with van der Waals surface area (Å²) in [5.74, 6) is 0. The minimum Gasteiger partial charge on any atom is -0.456 e. The average Bonchev–Trinajstić information content (AvgIpc) is 3.88. The lowest BCUT2D eigenvalue weighted by Crippen LogP contribution is -2.15. The summed E-state index contributed by atoms with van der Waals surface area (Å²) in [4.78, 5) is 0. The van der Waals surface area contributed by atoms with E-state index in [1.54, 1.807) is 0 Å². The summed E-state index contributed by atoms with van der Waals surface area (Å²) < 4.78 is 5.92. The van der Waals surface area contributed by atoms with Crippen molar-refractivity contribution < 1.29 is 4.42 Å². The Kier molecular flexibility index (Phi) is 8.87. The molecule has 0 amide bonds. The third-order valence-corrected chi connectivity index (χ3v) is 13.4. The number of hydrogen-bond donors (Lipinski definition) is 1. The summed E-state index contributed by atoms with van der Waals surface area (Å²) in [6.45, 7) is 9.37. The lowest BCUT2D eigenvalue weighted by molar-refractivity contribution is 0.660. The molecule has 1 heterocycles. The summed E-state index contributed by atoms with van der Waals surface area (Å²) in [5.41, 5.74) is 22.5. The van der Waals surface area contributed by atoms with Crippen molar-refractivity contribution in [1.29, 1.82) is 0 Å². The van der Waals surface area contributed by atoms with Crippen molar-refractivity contribution in [1.82, 2.24) is 0 Å². The second-order valence-corrected chi connectivity index (χ2v) is 17.8. The SMILES string of the molecule is CC1(C)c2ccccc2-c2ccc(Nc3ccc4c(c3)C(C)(C)c3cc(-c5ccccc5)ccc3-4)cc21.c1ccc(-c2ccc(-c3ccc4oc5ccccc5c4c3)cc2)cc1. The van der Waals surface area contributed by atoms with Crippen molar-refractivity contribution in [3.63, 3.8) is 0 Å². The van der Waals surface area contributed by atoms with Crippen molar-refractivity contribution >= 4 is 33.3 Å². The van der Waals surface area contributed by atoms with E-state index in [9.17, 15) is 0 Å². The quantitative estimate of drug-likeness (QED) is 0.188. The fourth-order valence-electron chi connectivity index (χ4n) is 9.97. The van der Waals surface area contributed by atoms with Crippen LogP contribution in [0.3, 0.4) is 0 Å². The van der Waals surface area contributed by atoms with Crippen LogP contribution in [0.4, 0.5) is 11.4 Å². The summed E-state index contributed by atoms with van der Waals surface area (Å²) in [5, 5.41) is 6.06. The second-order valence-electron chi connectivity index (χ2n) is 17.8. The Labute approximate surface area is 364 Å². The number of hydrogen-bond acceptors (Lipinski definition) is 2. The predicted octanol–water partition coefficient (Wildman–Crippen LogP) is 16.6. The van der Waals surface area contributed by atoms with Crippen LogP contribution in [-0.2, 0) is 10.8 Å². The van der Waals surface area contributed by atoms with Gasteiger partial charge in [-0.25, -0.2) is 0 Å². The Hall–Kier alpha value is -7.42. The highest BCUT2D eigenvalue weighted by Crippen LogP contribution is 2.52. The smallest absolute Gasteiger partial charge is 0.135 e. The molecule has 2 aliphatic rings. The molecular weight excluding hydrogens is 751 g/mol. The third-order valence-electron chi connectivity index (χ3n) is 13.4. The zero-order valence-corrected chi connectivity index (χ0v) is 35.5. The molecule has 0 bridgehead atoms. The molecule has 2 heteroatoms. The number of fused-ring (bicyclic) bond motifs is 9. The fraction of sp³-hybridized carbons (Fsp3) is 0.100. The van der Waals surface area contributed by atoms with Gasteiger partial charge in [-0.1, -0.05) is 185 Å². The van der Waals surface area contributed by atoms with Gasteiger partial charge < -0.3 is 9.73 Å². The first kappa shape index (κ1) is 37.6. The second kappa shape index (κ2) is 14.6. The molecular formula is C60H47NO. The van der Waals surface area contributed by atoms with Crippen LogP contribution < -0.4 is 5.32 Å². The highest BCUT2D eigenvalue weighted by molar-refractivity contribution is 6.06. The van der Waals surface area contributed by atoms with Gasteiger partial charge in [0.1, 0.15) is 11.2 Å². The van der Waals surface area contributed by atoms with Crippen LogP contribution in [0.1, 0.15) is 49.9 Å². The van der Waals surface area contributed by atoms with Crippen LogP contribution in [0.5, 0.6) is 0 Å². The Morgan fingerprint density at radius 2 is 0.726 bits per heavy atom. The molecule has 0 saturated carbocycles. The minimum absolute atomic E-state index is 0.00163. The van der Waals surface area contributed by atoms with E-state index in [0.29, 0.717) is 0 Å². The van der Waals surface area contributed by atoms with Crippen molar-refractivity contribution in [2.24, 2.45) is 0 Å². The molecule has 0 aliphatic heterocycles. The normalized spacial score (nSPS) is 13.7. The zero-order valence-electron chi connectivity index (χ0n) is 35.5. The third kappa shape index (κ3) is 6.34. The van der Waals surface area contributed by atoms with Gasteiger partial charge >= 0.3 is 0 Å². The van der Waals surface area contributed by atoms with Gasteiger partial charge in [0.2, 0.25) is 0 Å². The van der Waals surface area contributed by atoms with E-state index in [4.69, 9.17) is 4.42 Å². The largest absolute Gasteiger partial charge is 0.456 e. The van der Waals surface area contributed by atoms with Crippen molar-refractivity contribution in [2.45, 2.75) is 38.5 Å². The summed E-state index contributed by atoms with van der Waals surface area (Å²) in [6.07, 6.45) is 0. The Balaban J connectivity index is 0.000000150. The van der Waals surface area contributed by atoms with E-state index in [0.717, 1.165) is 22.5 Å². The van der Waals surface area contributed by atoms with E-state index >= 15 is 0 Å². The van der Waals surface area contributed by atoms with Crippen LogP contribution in [-0.4, -0.2) is 0 Å². The lowest BCUT2D eigenvalue weighted by atomic mass is 9.81. The molecule has 0 spiro atoms. The molecule has 62 heavy (non-hydrogen) atoms. The van der Waals surface area contributed by atoms with Crippen LogP contribution in [0.2, 0.25) is 0 Å². The van der Waals surface area contributed by atoms with E-state index in [-0.39, 0.29) is 10.8 Å². The number of benzene rings is 9. The van der Waals surface area contributed by atoms with Gasteiger partial charge in [-0.05, 0) is 126 Å². The maximum Gasteiger partial charge on any atom is 0.135 e. The van der Waals surface area contributed by atoms with Crippen molar-refractivity contribution in [3.05, 3.63) is 229 Å². The van der Waals surface area contributed by atoms with Gasteiger partial charge in [0, 0.05) is 33.0 Å². The monoisotopic (exact) mass is 797 g/mol. The lowest BCUT2D eigenvalue weighted by Gasteiger charge is -2.23. The highest BCUT2D eigenvalue weighted by Gasteiger charge is 2.37. The molecule has 0 fully saturated rings. The maximum atomic E-state index is 5.92. The molecule has 1 aromatic heterocycles. The van der Waals surface area contributed by atoms with E-state index in [2.05, 4.69) is 221 Å². The number of rotatable bonds is 5. The first-order valence-electron chi connectivity index (χ1n) is 21.7. The molecule has 0 unspecified atom stereocenters. The van der Waals surface area contributed by atoms with Crippen LogP contribution in [0.15, 0.2) is 211 Å². The standard InChI is InChI=1S/C36H31N.C24H16O/c1-35(2)31-13-9-8-12-27(31)29-18-15-25(21-33(29)35)37-26-16-19-30-28-17-14-24(23-10-6-5-7-11-23)20-32(28)36(3,4)34(30)22-26;1-2-6-17(7-3-1)18-10-12-19(13-11-18)20-14-15-24-22(16-20)21-8-4-5-9-23(21)25-24/h5-22,37H,1-4H3;1-16H. The molecule has 298 valence electrons. The van der Waals surface area contributed by atoms with Gasteiger partial charge in [-0.2, -0.15) is 0 Å². The van der Waals surface area contributed by atoms with E-state index in [1.165, 1.54) is 88.7 Å². The van der Waals surface area contributed by atoms with Crippen molar-refractivity contribution in [2.75, 3.05) is 5.32 Å². The van der Waals surface area contributed by atoms with E-state index in [1.807, 2.05) is 18.2 Å². The first-order valence-corrected chi connectivity index (χ1v) is 21.7. The maximum absolute atomic E-state index is 5.92. The molecule has 9 aromatic carbocycles. The molecule has 0 atom stereocenters. The predicted molar refractivity (Wildman–Crippen MR) is 261 cm³/mol. The van der Waals surface area contributed by atoms with Crippen molar-refractivity contribution in [3.8, 4) is 55.6 Å². The zero-order chi connectivity index (χ0) is 42.0. The summed E-state index contributed by atoms with van der Waals surface area (Å²) in [7, 11) is 0. The van der Waals surface area contributed by atoms with Crippen LogP contribution in [0, 0.1) is 0 Å². The Morgan fingerprint density at radius 1 is 0.306 bits per heavy atom. The van der Waals surface area contributed by atoms with Gasteiger partial charge in [-0.15, -0.1) is 0 Å². The van der Waals surface area contributed by atoms with E-state index < -0.39 is 0 Å². The summed E-state index contributed by atoms with van der Waals surface area (Å²) >= 11 is 0. The van der Waals surface area contributed by atoms with Gasteiger partial charge in [0.15, 0.2) is 0 Å². The molecule has 10 aromatic rings. The molecule has 1 N–H and O–H groups in total. The number of para-hydroxylation sites is 1. The minimum atomic E-state index is -0.0608. The first-order chi connectivity index (χ1) is 30.2. The van der Waals surface area contributed by atoms with Crippen LogP contribution >= 0.6 is 0 Å². The summed E-state index contributed by atoms with van der Waals surface area (Å²) in [6, 6.07) is 74.0. The average molecular weight is 798 g/mol. The Bertz CT molecular complexity index is 3300. The molecule has 0 saturated heterocycles. The topological polar surface area (TPSA) is 25.2 Å². The molecule has 2 nitrogen and oxygen atoms in total. The number of furan rings is 1. The molecule has 12 rings (SSSR count). The molecule has 2 aliphatic carbocycles. The highest BCUT2D eigenvalue weighted by atomic mass is 16.3. The fourth-order valence-corrected chi connectivity index (χ4v) is 9.97. The molecule has 0 radical (unpaired) electrons. The van der Waals surface area contributed by atoms with Gasteiger partial charge in [-0.3, -0.25) is 0 Å². The Morgan fingerprint density at radius 3 is 1.39 bits per heavy atom. The number of nitrogens with one attached hydrogen (secondary N) is 1. The number of anilines is 2. The van der Waals surface area contributed by atoms with Crippen LogP contribution in [0.25, 0.3) is 77.6 Å². The van der Waals surface area contributed by atoms with Gasteiger partial charge in [0.05, 0.1) is 0 Å².